The molecule has 0 aliphatic heterocycles. The predicted molar refractivity (Wildman–Crippen MR) is 105 cm³/mol. The van der Waals surface area contributed by atoms with Gasteiger partial charge in [-0.25, -0.2) is 4.98 Å². The third-order valence-corrected chi connectivity index (χ3v) is 4.45. The molecule has 27 heavy (non-hydrogen) atoms. The molecule has 5 heteroatoms. The van der Waals surface area contributed by atoms with Gasteiger partial charge in [0, 0.05) is 11.7 Å². The van der Waals surface area contributed by atoms with E-state index in [4.69, 9.17) is 10.5 Å². The number of nitrogens with zero attached hydrogens (tertiary/aromatic N) is 1. The van der Waals surface area contributed by atoms with Crippen molar-refractivity contribution in [3.63, 3.8) is 0 Å². The van der Waals surface area contributed by atoms with Crippen molar-refractivity contribution in [3.8, 4) is 11.5 Å². The maximum Gasteiger partial charge on any atom is 0.267 e. The van der Waals surface area contributed by atoms with Gasteiger partial charge in [0.1, 0.15) is 17.2 Å². The van der Waals surface area contributed by atoms with E-state index >= 15 is 0 Å². The minimum absolute atomic E-state index is 0.262. The molecule has 4 aromatic rings. The SMILES string of the molecule is Cc1ccc(Oc2cnc(C(N)=O)c(Cc3ccc4cc[nH]c4c3)c2)cc1. The number of aryl methyl sites for hydroxylation is 1. The number of carbonyl (C=O) groups excluding carboxylic acids is 1. The molecule has 0 bridgehead atoms. The lowest BCUT2D eigenvalue weighted by Crippen LogP contribution is -2.16. The summed E-state index contributed by atoms with van der Waals surface area (Å²) in [6.07, 6.45) is 3.96. The predicted octanol–water partition coefficient (Wildman–Crippen LogP) is 4.35. The van der Waals surface area contributed by atoms with Crippen molar-refractivity contribution in [1.82, 2.24) is 9.97 Å². The Balaban J connectivity index is 1.66. The smallest absolute Gasteiger partial charge is 0.267 e. The average molecular weight is 357 g/mol. The summed E-state index contributed by atoms with van der Waals surface area (Å²) in [5.41, 5.74) is 9.77. The second-order valence-electron chi connectivity index (χ2n) is 6.53. The summed E-state index contributed by atoms with van der Waals surface area (Å²) in [4.78, 5) is 19.2. The lowest BCUT2D eigenvalue weighted by molar-refractivity contribution is 0.0994. The van der Waals surface area contributed by atoms with Crippen LogP contribution in [0.4, 0.5) is 0 Å². The summed E-state index contributed by atoms with van der Waals surface area (Å²) in [7, 11) is 0. The number of benzene rings is 2. The molecule has 2 aromatic carbocycles. The fourth-order valence-electron chi connectivity index (χ4n) is 3.07. The van der Waals surface area contributed by atoms with E-state index < -0.39 is 5.91 Å². The molecule has 0 aliphatic rings. The molecule has 0 spiro atoms. The average Bonchev–Trinajstić information content (AvgIpc) is 3.11. The van der Waals surface area contributed by atoms with Crippen LogP contribution in [0.3, 0.4) is 0 Å². The third kappa shape index (κ3) is 3.67. The number of primary amides is 1. The molecule has 0 saturated heterocycles. The van der Waals surface area contributed by atoms with Crippen molar-refractivity contribution >= 4 is 16.8 Å². The number of nitrogens with one attached hydrogen (secondary N) is 1. The molecular formula is C22H19N3O2. The Hall–Kier alpha value is -3.60. The highest BCUT2D eigenvalue weighted by Gasteiger charge is 2.13. The van der Waals surface area contributed by atoms with E-state index in [1.807, 2.05) is 61.7 Å². The van der Waals surface area contributed by atoms with Crippen LogP contribution in [0.2, 0.25) is 0 Å². The van der Waals surface area contributed by atoms with Gasteiger partial charge in [-0.2, -0.15) is 0 Å². The summed E-state index contributed by atoms with van der Waals surface area (Å²) in [5.74, 6) is 0.737. The highest BCUT2D eigenvalue weighted by Crippen LogP contribution is 2.25. The highest BCUT2D eigenvalue weighted by atomic mass is 16.5. The van der Waals surface area contributed by atoms with Crippen LogP contribution in [0, 0.1) is 6.92 Å². The van der Waals surface area contributed by atoms with Crippen LogP contribution in [0.15, 0.2) is 67.0 Å². The van der Waals surface area contributed by atoms with Gasteiger partial charge in [0.25, 0.3) is 5.91 Å². The summed E-state index contributed by atoms with van der Waals surface area (Å²) in [5, 5.41) is 1.14. The lowest BCUT2D eigenvalue weighted by Gasteiger charge is -2.11. The van der Waals surface area contributed by atoms with E-state index in [0.29, 0.717) is 17.9 Å². The van der Waals surface area contributed by atoms with E-state index in [1.54, 1.807) is 0 Å². The van der Waals surface area contributed by atoms with Gasteiger partial charge in [-0.3, -0.25) is 4.79 Å². The zero-order valence-electron chi connectivity index (χ0n) is 14.9. The van der Waals surface area contributed by atoms with E-state index in [2.05, 4.69) is 16.0 Å². The van der Waals surface area contributed by atoms with Crippen molar-refractivity contribution in [2.45, 2.75) is 13.3 Å². The Morgan fingerprint density at radius 2 is 1.89 bits per heavy atom. The lowest BCUT2D eigenvalue weighted by atomic mass is 10.0. The number of pyridine rings is 1. The Labute approximate surface area is 156 Å². The maximum absolute atomic E-state index is 11.8. The topological polar surface area (TPSA) is 81.0 Å². The van der Waals surface area contributed by atoms with Crippen LogP contribution >= 0.6 is 0 Å². The number of ether oxygens (including phenoxy) is 1. The van der Waals surface area contributed by atoms with Gasteiger partial charge in [-0.05, 0) is 60.2 Å². The highest BCUT2D eigenvalue weighted by molar-refractivity contribution is 5.92. The zero-order valence-corrected chi connectivity index (χ0v) is 14.9. The number of amides is 1. The zero-order chi connectivity index (χ0) is 18.8. The molecule has 4 rings (SSSR count). The monoisotopic (exact) mass is 357 g/mol. The van der Waals surface area contributed by atoms with Crippen LogP contribution in [0.1, 0.15) is 27.2 Å². The molecule has 2 aromatic heterocycles. The van der Waals surface area contributed by atoms with Crippen molar-refractivity contribution < 1.29 is 9.53 Å². The quantitative estimate of drug-likeness (QED) is 0.557. The van der Waals surface area contributed by atoms with Gasteiger partial charge in [0.2, 0.25) is 0 Å². The molecule has 0 unspecified atom stereocenters. The summed E-state index contributed by atoms with van der Waals surface area (Å²) < 4.78 is 5.88. The van der Waals surface area contributed by atoms with Crippen LogP contribution in [-0.2, 0) is 6.42 Å². The molecule has 0 saturated carbocycles. The summed E-state index contributed by atoms with van der Waals surface area (Å²) in [6, 6.07) is 17.7. The minimum atomic E-state index is -0.548. The van der Waals surface area contributed by atoms with Crippen molar-refractivity contribution in [2.24, 2.45) is 5.73 Å². The third-order valence-electron chi connectivity index (χ3n) is 4.45. The first-order valence-electron chi connectivity index (χ1n) is 8.68. The van der Waals surface area contributed by atoms with E-state index in [9.17, 15) is 4.79 Å². The Morgan fingerprint density at radius 1 is 1.07 bits per heavy atom. The molecule has 5 nitrogen and oxygen atoms in total. The summed E-state index contributed by atoms with van der Waals surface area (Å²) in [6.45, 7) is 2.02. The standard InChI is InChI=1S/C22H19N3O2/c1-14-2-6-18(7-3-14)27-19-12-17(21(22(23)26)25-13-19)10-15-4-5-16-8-9-24-20(16)11-15/h2-9,11-13,24H,10H2,1H3,(H2,23,26). The number of hydrogen-bond donors (Lipinski definition) is 2. The second-order valence-corrected chi connectivity index (χ2v) is 6.53. The van der Waals surface area contributed by atoms with E-state index in [0.717, 1.165) is 27.6 Å². The minimum Gasteiger partial charge on any atom is -0.456 e. The first-order valence-corrected chi connectivity index (χ1v) is 8.68. The van der Waals surface area contributed by atoms with Crippen LogP contribution in [0.25, 0.3) is 10.9 Å². The van der Waals surface area contributed by atoms with Crippen molar-refractivity contribution in [2.75, 3.05) is 0 Å². The molecule has 0 aliphatic carbocycles. The van der Waals surface area contributed by atoms with E-state index in [1.165, 1.54) is 6.20 Å². The second kappa shape index (κ2) is 6.96. The first-order chi connectivity index (χ1) is 13.1. The molecule has 2 heterocycles. The van der Waals surface area contributed by atoms with Gasteiger partial charge < -0.3 is 15.5 Å². The van der Waals surface area contributed by atoms with Gasteiger partial charge >= 0.3 is 0 Å². The maximum atomic E-state index is 11.8. The van der Waals surface area contributed by atoms with Crippen LogP contribution < -0.4 is 10.5 Å². The number of aromatic amines is 1. The van der Waals surface area contributed by atoms with Gasteiger partial charge in [0.15, 0.2) is 0 Å². The van der Waals surface area contributed by atoms with E-state index in [-0.39, 0.29) is 5.69 Å². The van der Waals surface area contributed by atoms with Crippen LogP contribution in [0.5, 0.6) is 11.5 Å². The molecule has 1 amide bonds. The van der Waals surface area contributed by atoms with Crippen molar-refractivity contribution in [3.05, 3.63) is 89.4 Å². The number of hydrogen-bond acceptors (Lipinski definition) is 3. The molecule has 0 fully saturated rings. The Kier molecular flexibility index (Phi) is 4.34. The number of nitrogens with two attached hydrogens (primary N) is 1. The van der Waals surface area contributed by atoms with Crippen LogP contribution in [-0.4, -0.2) is 15.9 Å². The fraction of sp³-hybridized carbons (Fsp3) is 0.0909. The van der Waals surface area contributed by atoms with Gasteiger partial charge in [-0.15, -0.1) is 0 Å². The van der Waals surface area contributed by atoms with Gasteiger partial charge in [-0.1, -0.05) is 29.8 Å². The van der Waals surface area contributed by atoms with Gasteiger partial charge in [0.05, 0.1) is 6.20 Å². The number of aromatic nitrogens is 2. The Morgan fingerprint density at radius 3 is 2.67 bits per heavy atom. The fourth-order valence-corrected chi connectivity index (χ4v) is 3.07. The molecule has 0 atom stereocenters. The first kappa shape index (κ1) is 16.8. The molecule has 3 N–H and O–H groups in total. The molecular weight excluding hydrogens is 338 g/mol. The molecule has 134 valence electrons. The number of fused-ring (bicyclic) bond motifs is 1. The normalized spacial score (nSPS) is 10.9. The summed E-state index contributed by atoms with van der Waals surface area (Å²) >= 11 is 0. The van der Waals surface area contributed by atoms with Crippen molar-refractivity contribution in [1.29, 1.82) is 0 Å². The molecule has 0 radical (unpaired) electrons. The number of carbonyl (C=O) groups is 1. The number of H-pyrrole nitrogens is 1. The largest absolute Gasteiger partial charge is 0.456 e. The number of rotatable bonds is 5. The Bertz CT molecular complexity index is 1110.